The van der Waals surface area contributed by atoms with Gasteiger partial charge in [-0.15, -0.1) is 0 Å². The number of imide groups is 1. The molecule has 1 fully saturated rings. The Kier molecular flexibility index (Phi) is 5.75. The number of thioether (sulfide) groups is 1. The third-order valence-corrected chi connectivity index (χ3v) is 6.03. The number of amides is 3. The van der Waals surface area contributed by atoms with E-state index >= 15 is 0 Å². The topological polar surface area (TPSA) is 102 Å². The molecule has 1 saturated carbocycles. The average Bonchev–Trinajstić information content (AvgIpc) is 3.38. The van der Waals surface area contributed by atoms with Crippen LogP contribution in [0.3, 0.4) is 0 Å². The second kappa shape index (κ2) is 8.60. The van der Waals surface area contributed by atoms with E-state index in [-0.39, 0.29) is 11.9 Å². The van der Waals surface area contributed by atoms with Crippen molar-refractivity contribution < 1.29 is 9.59 Å². The summed E-state index contributed by atoms with van der Waals surface area (Å²) < 4.78 is 1.74. The van der Waals surface area contributed by atoms with Gasteiger partial charge in [-0.1, -0.05) is 42.8 Å². The minimum absolute atomic E-state index is 0.163. The van der Waals surface area contributed by atoms with Crippen molar-refractivity contribution in [2.75, 3.05) is 0 Å². The van der Waals surface area contributed by atoms with E-state index in [1.165, 1.54) is 18.1 Å². The molecule has 1 unspecified atom stereocenters. The number of aromatic nitrogens is 4. The molecule has 1 aromatic carbocycles. The molecule has 3 amide bonds. The van der Waals surface area contributed by atoms with E-state index in [0.29, 0.717) is 10.7 Å². The van der Waals surface area contributed by atoms with Gasteiger partial charge >= 0.3 is 6.03 Å². The largest absolute Gasteiger partial charge is 0.335 e. The van der Waals surface area contributed by atoms with Crippen LogP contribution in [0.2, 0.25) is 0 Å². The Morgan fingerprint density at radius 1 is 1.17 bits per heavy atom. The fourth-order valence-corrected chi connectivity index (χ4v) is 4.28. The Bertz CT molecular complexity index is 1020. The molecule has 1 atom stereocenters. The van der Waals surface area contributed by atoms with Gasteiger partial charge in [0, 0.05) is 6.04 Å². The molecular weight excluding hydrogens is 388 g/mol. The van der Waals surface area contributed by atoms with Crippen LogP contribution in [0.25, 0.3) is 16.7 Å². The zero-order valence-electron chi connectivity index (χ0n) is 16.0. The van der Waals surface area contributed by atoms with Gasteiger partial charge in [-0.3, -0.25) is 10.1 Å². The Morgan fingerprint density at radius 3 is 2.69 bits per heavy atom. The lowest BCUT2D eigenvalue weighted by molar-refractivity contribution is -0.119. The lowest BCUT2D eigenvalue weighted by atomic mass is 10.2. The van der Waals surface area contributed by atoms with E-state index in [1.807, 2.05) is 30.3 Å². The lowest BCUT2D eigenvalue weighted by Crippen LogP contribution is -2.45. The fraction of sp³-hybridized carbons (Fsp3) is 0.350. The maximum Gasteiger partial charge on any atom is 0.321 e. The summed E-state index contributed by atoms with van der Waals surface area (Å²) in [5, 5.41) is 10.6. The molecular formula is C20H22N6O2S. The Morgan fingerprint density at radius 2 is 1.93 bits per heavy atom. The zero-order valence-corrected chi connectivity index (χ0v) is 16.9. The molecule has 2 heterocycles. The van der Waals surface area contributed by atoms with Crippen molar-refractivity contribution in [2.24, 2.45) is 0 Å². The summed E-state index contributed by atoms with van der Waals surface area (Å²) in [5.41, 5.74) is 1.56. The van der Waals surface area contributed by atoms with Gasteiger partial charge in [-0.2, -0.15) is 5.10 Å². The summed E-state index contributed by atoms with van der Waals surface area (Å²) in [6.07, 6.45) is 7.33. The predicted octanol–water partition coefficient (Wildman–Crippen LogP) is 3.06. The maximum absolute atomic E-state index is 12.4. The number of urea groups is 1. The van der Waals surface area contributed by atoms with Crippen LogP contribution in [0, 0.1) is 0 Å². The van der Waals surface area contributed by atoms with Gasteiger partial charge < -0.3 is 5.32 Å². The fourth-order valence-electron chi connectivity index (χ4n) is 3.40. The smallest absolute Gasteiger partial charge is 0.321 e. The Balaban J connectivity index is 1.45. The summed E-state index contributed by atoms with van der Waals surface area (Å²) in [4.78, 5) is 33.1. The number of nitrogens with zero attached hydrogens (tertiary/aromatic N) is 4. The number of hydrogen-bond donors (Lipinski definition) is 2. The molecule has 29 heavy (non-hydrogen) atoms. The molecule has 0 radical (unpaired) electrons. The van der Waals surface area contributed by atoms with Crippen molar-refractivity contribution in [3.05, 3.63) is 42.9 Å². The van der Waals surface area contributed by atoms with Crippen LogP contribution in [-0.4, -0.2) is 43.0 Å². The number of para-hydroxylation sites is 1. The van der Waals surface area contributed by atoms with E-state index in [2.05, 4.69) is 25.7 Å². The standard InChI is InChI=1S/C20H22N6O2S/c1-13(18(27)25-20(28)24-14-7-5-6-8-14)29-19-16-11-23-26(17(16)21-12-22-19)15-9-3-2-4-10-15/h2-4,9-14H,5-8H2,1H3,(H2,24,25,27,28). The zero-order chi connectivity index (χ0) is 20.2. The molecule has 0 saturated heterocycles. The van der Waals surface area contributed by atoms with Crippen LogP contribution in [0.4, 0.5) is 4.79 Å². The minimum atomic E-state index is -0.498. The lowest BCUT2D eigenvalue weighted by Gasteiger charge is -2.14. The minimum Gasteiger partial charge on any atom is -0.335 e. The highest BCUT2D eigenvalue weighted by atomic mass is 32.2. The first-order valence-corrected chi connectivity index (χ1v) is 10.5. The van der Waals surface area contributed by atoms with E-state index in [1.54, 1.807) is 17.8 Å². The summed E-state index contributed by atoms with van der Waals surface area (Å²) in [5.74, 6) is -0.354. The van der Waals surface area contributed by atoms with Gasteiger partial charge in [0.2, 0.25) is 5.91 Å². The number of carbonyl (C=O) groups is 2. The second-order valence-electron chi connectivity index (χ2n) is 7.01. The first-order chi connectivity index (χ1) is 14.1. The molecule has 1 aliphatic rings. The SMILES string of the molecule is CC(Sc1ncnc2c1cnn2-c1ccccc1)C(=O)NC(=O)NC1CCCC1. The number of nitrogens with one attached hydrogen (secondary N) is 2. The van der Waals surface area contributed by atoms with Crippen LogP contribution in [0.5, 0.6) is 0 Å². The van der Waals surface area contributed by atoms with Crippen LogP contribution in [0.15, 0.2) is 47.9 Å². The normalized spacial score (nSPS) is 15.3. The molecule has 2 N–H and O–H groups in total. The maximum atomic E-state index is 12.4. The molecule has 0 aliphatic heterocycles. The molecule has 2 aromatic heterocycles. The highest BCUT2D eigenvalue weighted by molar-refractivity contribution is 8.00. The van der Waals surface area contributed by atoms with Crippen molar-refractivity contribution in [3.63, 3.8) is 0 Å². The van der Waals surface area contributed by atoms with Crippen LogP contribution >= 0.6 is 11.8 Å². The van der Waals surface area contributed by atoms with E-state index in [9.17, 15) is 9.59 Å². The average molecular weight is 411 g/mol. The van der Waals surface area contributed by atoms with E-state index < -0.39 is 11.3 Å². The third-order valence-electron chi connectivity index (χ3n) is 4.91. The number of rotatable bonds is 5. The third kappa shape index (κ3) is 4.40. The van der Waals surface area contributed by atoms with Gasteiger partial charge in [0.05, 0.1) is 22.5 Å². The quantitative estimate of drug-likeness (QED) is 0.495. The van der Waals surface area contributed by atoms with Crippen LogP contribution in [-0.2, 0) is 4.79 Å². The van der Waals surface area contributed by atoms with Crippen molar-refractivity contribution in [1.29, 1.82) is 0 Å². The first-order valence-electron chi connectivity index (χ1n) is 9.64. The van der Waals surface area contributed by atoms with Gasteiger partial charge in [0.15, 0.2) is 5.65 Å². The summed E-state index contributed by atoms with van der Waals surface area (Å²) in [6, 6.07) is 9.43. The van der Waals surface area contributed by atoms with E-state index in [0.717, 1.165) is 36.8 Å². The molecule has 0 spiro atoms. The monoisotopic (exact) mass is 410 g/mol. The summed E-state index contributed by atoms with van der Waals surface area (Å²) in [7, 11) is 0. The highest BCUT2D eigenvalue weighted by Gasteiger charge is 2.22. The van der Waals surface area contributed by atoms with Crippen LogP contribution in [0.1, 0.15) is 32.6 Å². The number of fused-ring (bicyclic) bond motifs is 1. The van der Waals surface area contributed by atoms with Gasteiger partial charge in [0.1, 0.15) is 11.4 Å². The van der Waals surface area contributed by atoms with Gasteiger partial charge in [0.25, 0.3) is 0 Å². The van der Waals surface area contributed by atoms with E-state index in [4.69, 9.17) is 0 Å². The van der Waals surface area contributed by atoms with Crippen molar-refractivity contribution >= 4 is 34.7 Å². The molecule has 0 bridgehead atoms. The number of carbonyl (C=O) groups excluding carboxylic acids is 2. The summed E-state index contributed by atoms with van der Waals surface area (Å²) >= 11 is 1.28. The molecule has 8 nitrogen and oxygen atoms in total. The molecule has 3 aromatic rings. The Labute approximate surface area is 172 Å². The Hall–Kier alpha value is -2.94. The predicted molar refractivity (Wildman–Crippen MR) is 111 cm³/mol. The molecule has 4 rings (SSSR count). The number of hydrogen-bond acceptors (Lipinski definition) is 6. The van der Waals surface area contributed by atoms with Gasteiger partial charge in [-0.05, 0) is 31.9 Å². The second-order valence-corrected chi connectivity index (χ2v) is 8.34. The van der Waals surface area contributed by atoms with Crippen LogP contribution < -0.4 is 10.6 Å². The highest BCUT2D eigenvalue weighted by Crippen LogP contribution is 2.28. The molecule has 9 heteroatoms. The summed E-state index contributed by atoms with van der Waals surface area (Å²) in [6.45, 7) is 1.75. The molecule has 150 valence electrons. The number of benzene rings is 1. The van der Waals surface area contributed by atoms with Gasteiger partial charge in [-0.25, -0.2) is 19.4 Å². The first kappa shape index (κ1) is 19.4. The molecule has 1 aliphatic carbocycles. The van der Waals surface area contributed by atoms with Crippen molar-refractivity contribution in [3.8, 4) is 5.69 Å². The van der Waals surface area contributed by atoms with Crippen molar-refractivity contribution in [1.82, 2.24) is 30.4 Å². The van der Waals surface area contributed by atoms with Crippen molar-refractivity contribution in [2.45, 2.75) is 48.9 Å².